The molecule has 3 rings (SSSR count). The van der Waals surface area contributed by atoms with Gasteiger partial charge in [-0.1, -0.05) is 25.1 Å². The van der Waals surface area contributed by atoms with Crippen LogP contribution in [-0.2, 0) is 11.2 Å². The first-order valence-corrected chi connectivity index (χ1v) is 8.11. The van der Waals surface area contributed by atoms with Gasteiger partial charge in [0.2, 0.25) is 5.91 Å². The number of nitrogens with zero attached hydrogens (tertiary/aromatic N) is 4. The Morgan fingerprint density at radius 1 is 1.57 bits per heavy atom. The van der Waals surface area contributed by atoms with Crippen LogP contribution >= 0.6 is 11.8 Å². The molecule has 0 bridgehead atoms. The number of aryl methyl sites for hydroxylation is 1. The topological polar surface area (TPSA) is 88.5 Å². The Morgan fingerprint density at radius 3 is 3.19 bits per heavy atom. The Bertz CT molecular complexity index is 618. The SMILES string of the molecule is CCCc1cc(NC(=O)CSc2nncn2C2CC2)n[nH]1. The summed E-state index contributed by atoms with van der Waals surface area (Å²) in [6, 6.07) is 2.40. The molecule has 0 saturated heterocycles. The summed E-state index contributed by atoms with van der Waals surface area (Å²) in [6.07, 6.45) is 6.06. The number of H-pyrrole nitrogens is 1. The lowest BCUT2D eigenvalue weighted by Gasteiger charge is -2.03. The summed E-state index contributed by atoms with van der Waals surface area (Å²) in [6.45, 7) is 2.10. The minimum absolute atomic E-state index is 0.0834. The number of hydrogen-bond acceptors (Lipinski definition) is 5. The maximum Gasteiger partial charge on any atom is 0.236 e. The van der Waals surface area contributed by atoms with Crippen molar-refractivity contribution in [1.29, 1.82) is 0 Å². The first kappa shape index (κ1) is 14.1. The van der Waals surface area contributed by atoms with Crippen LogP contribution in [0.2, 0.25) is 0 Å². The highest BCUT2D eigenvalue weighted by atomic mass is 32.2. The van der Waals surface area contributed by atoms with Gasteiger partial charge in [0.1, 0.15) is 6.33 Å². The predicted octanol–water partition coefficient (Wildman–Crippen LogP) is 2.02. The van der Waals surface area contributed by atoms with Crippen LogP contribution in [0, 0.1) is 0 Å². The number of carbonyl (C=O) groups is 1. The number of hydrogen-bond donors (Lipinski definition) is 2. The standard InChI is InChI=1S/C13H18N6OS/c1-2-3-9-6-11(17-16-9)15-12(20)7-21-13-18-14-8-19(13)10-4-5-10/h6,8,10H,2-5,7H2,1H3,(H2,15,16,17,20). The monoisotopic (exact) mass is 306 g/mol. The molecule has 2 aromatic heterocycles. The van der Waals surface area contributed by atoms with Crippen molar-refractivity contribution >= 4 is 23.5 Å². The molecule has 1 fully saturated rings. The van der Waals surface area contributed by atoms with Crippen molar-refractivity contribution in [2.45, 2.75) is 43.8 Å². The molecule has 0 aliphatic heterocycles. The fourth-order valence-electron chi connectivity index (χ4n) is 2.07. The largest absolute Gasteiger partial charge is 0.308 e. The number of thioether (sulfide) groups is 1. The summed E-state index contributed by atoms with van der Waals surface area (Å²) in [5.74, 6) is 0.800. The van der Waals surface area contributed by atoms with E-state index < -0.39 is 0 Å². The van der Waals surface area contributed by atoms with Gasteiger partial charge < -0.3 is 9.88 Å². The molecule has 1 saturated carbocycles. The van der Waals surface area contributed by atoms with E-state index in [-0.39, 0.29) is 5.91 Å². The highest BCUT2D eigenvalue weighted by Gasteiger charge is 2.26. The smallest absolute Gasteiger partial charge is 0.236 e. The third-order valence-electron chi connectivity index (χ3n) is 3.23. The number of nitrogens with one attached hydrogen (secondary N) is 2. The van der Waals surface area contributed by atoms with Crippen molar-refractivity contribution in [2.75, 3.05) is 11.1 Å². The summed E-state index contributed by atoms with van der Waals surface area (Å²) in [7, 11) is 0. The average molecular weight is 306 g/mol. The average Bonchev–Trinajstić information content (AvgIpc) is 3.04. The fourth-order valence-corrected chi connectivity index (χ4v) is 2.85. The maximum atomic E-state index is 11.9. The fraction of sp³-hybridized carbons (Fsp3) is 0.538. The highest BCUT2D eigenvalue weighted by molar-refractivity contribution is 7.99. The molecule has 112 valence electrons. The van der Waals surface area contributed by atoms with E-state index in [9.17, 15) is 4.79 Å². The minimum Gasteiger partial charge on any atom is -0.308 e. The van der Waals surface area contributed by atoms with E-state index in [1.807, 2.05) is 10.6 Å². The van der Waals surface area contributed by atoms with Gasteiger partial charge in [0.25, 0.3) is 0 Å². The summed E-state index contributed by atoms with van der Waals surface area (Å²) in [4.78, 5) is 11.9. The second-order valence-electron chi connectivity index (χ2n) is 5.12. The van der Waals surface area contributed by atoms with E-state index in [2.05, 4.69) is 32.6 Å². The number of carbonyl (C=O) groups excluding carboxylic acids is 1. The molecule has 2 heterocycles. The van der Waals surface area contributed by atoms with Crippen LogP contribution in [0.15, 0.2) is 17.6 Å². The van der Waals surface area contributed by atoms with Crippen molar-refractivity contribution in [3.05, 3.63) is 18.1 Å². The molecule has 0 unspecified atom stereocenters. The third kappa shape index (κ3) is 3.63. The summed E-state index contributed by atoms with van der Waals surface area (Å²) >= 11 is 1.41. The molecule has 2 aromatic rings. The van der Waals surface area contributed by atoms with Gasteiger partial charge in [-0.2, -0.15) is 5.10 Å². The van der Waals surface area contributed by atoms with Gasteiger partial charge in [-0.15, -0.1) is 10.2 Å². The van der Waals surface area contributed by atoms with Gasteiger partial charge in [0, 0.05) is 17.8 Å². The van der Waals surface area contributed by atoms with Gasteiger partial charge in [0.05, 0.1) is 5.75 Å². The lowest BCUT2D eigenvalue weighted by molar-refractivity contribution is -0.113. The van der Waals surface area contributed by atoms with Crippen molar-refractivity contribution in [3.8, 4) is 0 Å². The van der Waals surface area contributed by atoms with Crippen molar-refractivity contribution in [2.24, 2.45) is 0 Å². The molecule has 1 amide bonds. The Labute approximate surface area is 126 Å². The molecule has 0 atom stereocenters. The molecule has 2 N–H and O–H groups in total. The van der Waals surface area contributed by atoms with E-state index in [1.165, 1.54) is 24.6 Å². The van der Waals surface area contributed by atoms with Gasteiger partial charge in [0.15, 0.2) is 11.0 Å². The quantitative estimate of drug-likeness (QED) is 0.764. The number of amides is 1. The molecular formula is C13H18N6OS. The first-order valence-electron chi connectivity index (χ1n) is 7.12. The summed E-state index contributed by atoms with van der Waals surface area (Å²) < 4.78 is 2.05. The Morgan fingerprint density at radius 2 is 2.43 bits per heavy atom. The Hall–Kier alpha value is -1.83. The van der Waals surface area contributed by atoms with E-state index in [0.29, 0.717) is 17.6 Å². The zero-order valence-corrected chi connectivity index (χ0v) is 12.7. The van der Waals surface area contributed by atoms with Crippen LogP contribution in [0.5, 0.6) is 0 Å². The van der Waals surface area contributed by atoms with Crippen LogP contribution in [0.25, 0.3) is 0 Å². The molecular weight excluding hydrogens is 288 g/mol. The van der Waals surface area contributed by atoms with Crippen LogP contribution in [0.1, 0.15) is 37.9 Å². The normalized spacial score (nSPS) is 14.3. The van der Waals surface area contributed by atoms with Crippen LogP contribution in [-0.4, -0.2) is 36.6 Å². The van der Waals surface area contributed by atoms with Crippen LogP contribution < -0.4 is 5.32 Å². The van der Waals surface area contributed by atoms with Gasteiger partial charge in [-0.3, -0.25) is 9.89 Å². The number of aromatic amines is 1. The van der Waals surface area contributed by atoms with E-state index >= 15 is 0 Å². The molecule has 7 nitrogen and oxygen atoms in total. The number of aromatic nitrogens is 5. The molecule has 0 aromatic carbocycles. The van der Waals surface area contributed by atoms with Crippen LogP contribution in [0.4, 0.5) is 5.82 Å². The lowest BCUT2D eigenvalue weighted by Crippen LogP contribution is -2.14. The molecule has 21 heavy (non-hydrogen) atoms. The van der Waals surface area contributed by atoms with Crippen molar-refractivity contribution < 1.29 is 4.79 Å². The zero-order chi connectivity index (χ0) is 14.7. The van der Waals surface area contributed by atoms with Gasteiger partial charge in [-0.25, -0.2) is 0 Å². The lowest BCUT2D eigenvalue weighted by atomic mass is 10.2. The molecule has 1 aliphatic carbocycles. The maximum absolute atomic E-state index is 11.9. The Balaban J connectivity index is 1.50. The van der Waals surface area contributed by atoms with Crippen LogP contribution in [0.3, 0.4) is 0 Å². The van der Waals surface area contributed by atoms with E-state index in [1.54, 1.807) is 6.33 Å². The van der Waals surface area contributed by atoms with Crippen molar-refractivity contribution in [1.82, 2.24) is 25.0 Å². The minimum atomic E-state index is -0.0834. The van der Waals surface area contributed by atoms with Gasteiger partial charge in [-0.05, 0) is 19.3 Å². The van der Waals surface area contributed by atoms with E-state index in [0.717, 1.165) is 23.7 Å². The number of anilines is 1. The second-order valence-corrected chi connectivity index (χ2v) is 6.06. The summed E-state index contributed by atoms with van der Waals surface area (Å²) in [5.41, 5.74) is 1.04. The first-order chi connectivity index (χ1) is 10.3. The molecule has 8 heteroatoms. The molecule has 1 aliphatic rings. The number of rotatable bonds is 7. The van der Waals surface area contributed by atoms with E-state index in [4.69, 9.17) is 0 Å². The predicted molar refractivity (Wildman–Crippen MR) is 80.2 cm³/mol. The molecule has 0 spiro atoms. The van der Waals surface area contributed by atoms with Crippen molar-refractivity contribution in [3.63, 3.8) is 0 Å². The highest BCUT2D eigenvalue weighted by Crippen LogP contribution is 2.37. The van der Waals surface area contributed by atoms with Gasteiger partial charge >= 0.3 is 0 Å². The Kier molecular flexibility index (Phi) is 4.23. The molecule has 0 radical (unpaired) electrons. The third-order valence-corrected chi connectivity index (χ3v) is 4.19. The summed E-state index contributed by atoms with van der Waals surface area (Å²) in [5, 5.41) is 18.6. The zero-order valence-electron chi connectivity index (χ0n) is 11.9. The second kappa shape index (κ2) is 6.30.